The van der Waals surface area contributed by atoms with E-state index in [-0.39, 0.29) is 0 Å². The van der Waals surface area contributed by atoms with Gasteiger partial charge in [0, 0.05) is 11.9 Å². The standard InChI is InChI=1S/C13H15NO/c1-12-6-5-9-14(12)10-11-15-13-7-3-2-4-8-13/h2-9H,10-11H2,1H3. The Bertz CT molecular complexity index is 405. The predicted molar refractivity (Wildman–Crippen MR) is 61.1 cm³/mol. The lowest BCUT2D eigenvalue weighted by Gasteiger charge is -2.08. The Kier molecular flexibility index (Phi) is 3.08. The molecule has 0 aliphatic rings. The molecule has 0 radical (unpaired) electrons. The number of para-hydroxylation sites is 1. The van der Waals surface area contributed by atoms with E-state index in [1.165, 1.54) is 5.69 Å². The van der Waals surface area contributed by atoms with Crippen LogP contribution in [0.4, 0.5) is 0 Å². The van der Waals surface area contributed by atoms with Gasteiger partial charge >= 0.3 is 0 Å². The summed E-state index contributed by atoms with van der Waals surface area (Å²) in [7, 11) is 0. The molecule has 0 saturated heterocycles. The SMILES string of the molecule is Cc1cccn1CCOc1ccccc1. The van der Waals surface area contributed by atoms with E-state index in [4.69, 9.17) is 4.74 Å². The number of nitrogens with zero attached hydrogens (tertiary/aromatic N) is 1. The molecule has 15 heavy (non-hydrogen) atoms. The van der Waals surface area contributed by atoms with Crippen molar-refractivity contribution in [1.82, 2.24) is 4.57 Å². The molecule has 0 unspecified atom stereocenters. The van der Waals surface area contributed by atoms with Crippen LogP contribution in [0.2, 0.25) is 0 Å². The molecule has 0 saturated carbocycles. The highest BCUT2D eigenvalue weighted by Gasteiger charge is 1.95. The minimum Gasteiger partial charge on any atom is -0.492 e. The van der Waals surface area contributed by atoms with Crippen LogP contribution in [0.3, 0.4) is 0 Å². The van der Waals surface area contributed by atoms with Gasteiger partial charge in [0.2, 0.25) is 0 Å². The number of hydrogen-bond acceptors (Lipinski definition) is 1. The van der Waals surface area contributed by atoms with Crippen LogP contribution >= 0.6 is 0 Å². The zero-order valence-electron chi connectivity index (χ0n) is 8.89. The lowest BCUT2D eigenvalue weighted by Crippen LogP contribution is -2.08. The van der Waals surface area contributed by atoms with E-state index in [1.807, 2.05) is 30.3 Å². The first kappa shape index (κ1) is 9.84. The van der Waals surface area contributed by atoms with Crippen molar-refractivity contribution in [3.8, 4) is 5.75 Å². The first-order chi connectivity index (χ1) is 7.36. The largest absolute Gasteiger partial charge is 0.492 e. The van der Waals surface area contributed by atoms with Crippen molar-refractivity contribution in [3.63, 3.8) is 0 Å². The van der Waals surface area contributed by atoms with Crippen molar-refractivity contribution in [2.24, 2.45) is 0 Å². The second-order valence-corrected chi connectivity index (χ2v) is 3.50. The first-order valence-corrected chi connectivity index (χ1v) is 5.16. The van der Waals surface area contributed by atoms with Crippen LogP contribution in [0, 0.1) is 6.92 Å². The van der Waals surface area contributed by atoms with Crippen LogP contribution < -0.4 is 4.74 Å². The lowest BCUT2D eigenvalue weighted by atomic mass is 10.3. The molecule has 2 aromatic rings. The summed E-state index contributed by atoms with van der Waals surface area (Å²) in [5.74, 6) is 0.933. The average molecular weight is 201 g/mol. The summed E-state index contributed by atoms with van der Waals surface area (Å²) < 4.78 is 7.80. The third kappa shape index (κ3) is 2.62. The summed E-state index contributed by atoms with van der Waals surface area (Å²) in [6.45, 7) is 3.70. The summed E-state index contributed by atoms with van der Waals surface area (Å²) in [5, 5.41) is 0. The van der Waals surface area contributed by atoms with Gasteiger partial charge < -0.3 is 9.30 Å². The molecule has 1 heterocycles. The molecule has 0 bridgehead atoms. The molecule has 0 aliphatic heterocycles. The van der Waals surface area contributed by atoms with E-state index in [0.717, 1.165) is 12.3 Å². The number of benzene rings is 1. The summed E-state index contributed by atoms with van der Waals surface area (Å²) in [4.78, 5) is 0. The maximum absolute atomic E-state index is 5.61. The van der Waals surface area contributed by atoms with Crippen molar-refractivity contribution in [3.05, 3.63) is 54.4 Å². The van der Waals surface area contributed by atoms with Crippen molar-refractivity contribution in [2.45, 2.75) is 13.5 Å². The molecule has 1 aromatic carbocycles. The van der Waals surface area contributed by atoms with E-state index >= 15 is 0 Å². The second-order valence-electron chi connectivity index (χ2n) is 3.50. The van der Waals surface area contributed by atoms with Crippen LogP contribution in [0.15, 0.2) is 48.7 Å². The highest BCUT2D eigenvalue weighted by atomic mass is 16.5. The van der Waals surface area contributed by atoms with Gasteiger partial charge in [0.25, 0.3) is 0 Å². The molecule has 0 fully saturated rings. The zero-order chi connectivity index (χ0) is 10.5. The third-order valence-electron chi connectivity index (χ3n) is 2.40. The van der Waals surface area contributed by atoms with Gasteiger partial charge in [0.1, 0.15) is 12.4 Å². The zero-order valence-corrected chi connectivity index (χ0v) is 8.89. The van der Waals surface area contributed by atoms with Crippen LogP contribution in [-0.4, -0.2) is 11.2 Å². The second kappa shape index (κ2) is 4.69. The maximum atomic E-state index is 5.61. The minimum absolute atomic E-state index is 0.708. The fraction of sp³-hybridized carbons (Fsp3) is 0.231. The van der Waals surface area contributed by atoms with Gasteiger partial charge in [-0.2, -0.15) is 0 Å². The van der Waals surface area contributed by atoms with E-state index < -0.39 is 0 Å². The smallest absolute Gasteiger partial charge is 0.119 e. The van der Waals surface area contributed by atoms with Crippen molar-refractivity contribution < 1.29 is 4.74 Å². The molecule has 2 rings (SSSR count). The highest BCUT2D eigenvalue weighted by molar-refractivity contribution is 5.20. The number of hydrogen-bond donors (Lipinski definition) is 0. The van der Waals surface area contributed by atoms with Gasteiger partial charge in [-0.15, -0.1) is 0 Å². The van der Waals surface area contributed by atoms with Gasteiger partial charge in [0.15, 0.2) is 0 Å². The monoisotopic (exact) mass is 201 g/mol. The van der Waals surface area contributed by atoms with Crippen LogP contribution in [-0.2, 0) is 6.54 Å². The van der Waals surface area contributed by atoms with Crippen molar-refractivity contribution >= 4 is 0 Å². The Morgan fingerprint density at radius 1 is 1.07 bits per heavy atom. The Hall–Kier alpha value is -1.70. The molecule has 1 aromatic heterocycles. The lowest BCUT2D eigenvalue weighted by molar-refractivity contribution is 0.297. The Balaban J connectivity index is 1.83. The Morgan fingerprint density at radius 2 is 1.87 bits per heavy atom. The summed E-state index contributed by atoms with van der Waals surface area (Å²) in [6.07, 6.45) is 2.07. The van der Waals surface area contributed by atoms with E-state index in [2.05, 4.69) is 29.8 Å². The number of rotatable bonds is 4. The normalized spacial score (nSPS) is 10.2. The Morgan fingerprint density at radius 3 is 2.53 bits per heavy atom. The molecule has 0 aliphatic carbocycles. The molecule has 0 amide bonds. The van der Waals surface area contributed by atoms with Gasteiger partial charge in [-0.1, -0.05) is 18.2 Å². The summed E-state index contributed by atoms with van der Waals surface area (Å²) >= 11 is 0. The quantitative estimate of drug-likeness (QED) is 0.742. The predicted octanol–water partition coefficient (Wildman–Crippen LogP) is 2.88. The molecular weight excluding hydrogens is 186 g/mol. The van der Waals surface area contributed by atoms with Crippen LogP contribution in [0.5, 0.6) is 5.75 Å². The molecule has 2 heteroatoms. The fourth-order valence-electron chi connectivity index (χ4n) is 1.53. The molecule has 0 spiro atoms. The number of aromatic nitrogens is 1. The highest BCUT2D eigenvalue weighted by Crippen LogP contribution is 2.08. The van der Waals surface area contributed by atoms with Crippen LogP contribution in [0.25, 0.3) is 0 Å². The molecular formula is C13H15NO. The molecule has 2 nitrogen and oxygen atoms in total. The fourth-order valence-corrected chi connectivity index (χ4v) is 1.53. The molecule has 78 valence electrons. The average Bonchev–Trinajstić information content (AvgIpc) is 2.66. The number of aryl methyl sites for hydroxylation is 1. The van der Waals surface area contributed by atoms with Crippen LogP contribution in [0.1, 0.15) is 5.69 Å². The van der Waals surface area contributed by atoms with Crippen molar-refractivity contribution in [1.29, 1.82) is 0 Å². The van der Waals surface area contributed by atoms with Gasteiger partial charge in [-0.3, -0.25) is 0 Å². The number of ether oxygens (including phenoxy) is 1. The third-order valence-corrected chi connectivity index (χ3v) is 2.40. The van der Waals surface area contributed by atoms with Gasteiger partial charge in [-0.25, -0.2) is 0 Å². The maximum Gasteiger partial charge on any atom is 0.119 e. The van der Waals surface area contributed by atoms with E-state index in [1.54, 1.807) is 0 Å². The topological polar surface area (TPSA) is 14.2 Å². The van der Waals surface area contributed by atoms with E-state index in [9.17, 15) is 0 Å². The minimum atomic E-state index is 0.708. The van der Waals surface area contributed by atoms with Gasteiger partial charge in [-0.05, 0) is 31.2 Å². The van der Waals surface area contributed by atoms with Crippen molar-refractivity contribution in [2.75, 3.05) is 6.61 Å². The summed E-state index contributed by atoms with van der Waals surface area (Å²) in [5.41, 5.74) is 1.27. The van der Waals surface area contributed by atoms with E-state index in [0.29, 0.717) is 6.61 Å². The summed E-state index contributed by atoms with van der Waals surface area (Å²) in [6, 6.07) is 14.1. The first-order valence-electron chi connectivity index (χ1n) is 5.16. The molecule has 0 atom stereocenters. The van der Waals surface area contributed by atoms with Gasteiger partial charge in [0.05, 0.1) is 6.54 Å². The molecule has 0 N–H and O–H groups in total. The Labute approximate surface area is 90.1 Å².